The van der Waals surface area contributed by atoms with Gasteiger partial charge in [-0.25, -0.2) is 9.97 Å². The molecule has 0 aliphatic rings. The van der Waals surface area contributed by atoms with Gasteiger partial charge in [-0.05, 0) is 43.5 Å². The number of nitrogens with one attached hydrogen (secondary N) is 1. The quantitative estimate of drug-likeness (QED) is 0.0278. The lowest BCUT2D eigenvalue weighted by Gasteiger charge is -2.37. The van der Waals surface area contributed by atoms with Crippen LogP contribution >= 0.6 is 0 Å². The van der Waals surface area contributed by atoms with Crippen LogP contribution in [0, 0.1) is 0 Å². The van der Waals surface area contributed by atoms with E-state index in [1.165, 1.54) is 0 Å². The van der Waals surface area contributed by atoms with E-state index >= 15 is 0 Å². The highest BCUT2D eigenvalue weighted by molar-refractivity contribution is 6.07. The molecule has 2 heterocycles. The SMILES string of the molecule is CCOCc1nc2c(NC(c3ccccc3)(c3ccccc3)c3ccccc3)nc3ccccc3c2n1CC(C)(C)OCCOCCOCCOCCOCCOCCOCCOCCOCCOCCOCCOCCOCCOCCOCCOCCO. The average molecular weight is 1260 g/mol. The Kier molecular flexibility index (Phi) is 38.4. The number of aliphatic hydroxyl groups is 1. The summed E-state index contributed by atoms with van der Waals surface area (Å²) in [5.41, 5.74) is 4.35. The molecular formula is C68H100N4O18. The predicted octanol–water partition coefficient (Wildman–Crippen LogP) is 7.56. The van der Waals surface area contributed by atoms with Crippen molar-refractivity contribution in [2.24, 2.45) is 0 Å². The van der Waals surface area contributed by atoms with E-state index in [-0.39, 0.29) is 6.61 Å². The van der Waals surface area contributed by atoms with Gasteiger partial charge in [0.1, 0.15) is 23.5 Å². The summed E-state index contributed by atoms with van der Waals surface area (Å²) in [4.78, 5) is 10.7. The first-order valence-corrected chi connectivity index (χ1v) is 31.7. The van der Waals surface area contributed by atoms with Crippen LogP contribution in [0.3, 0.4) is 0 Å². The Bertz CT molecular complexity index is 2600. The lowest BCUT2D eigenvalue weighted by molar-refractivity contribution is -0.0621. The van der Waals surface area contributed by atoms with Crippen molar-refractivity contribution >= 4 is 27.8 Å². The Hall–Kier alpha value is -5.16. The monoisotopic (exact) mass is 1260 g/mol. The van der Waals surface area contributed by atoms with E-state index in [0.717, 1.165) is 44.5 Å². The number of aromatic nitrogens is 3. The van der Waals surface area contributed by atoms with Crippen LogP contribution in [0.5, 0.6) is 0 Å². The van der Waals surface area contributed by atoms with Gasteiger partial charge in [-0.2, -0.15) is 0 Å². The molecule has 0 fully saturated rings. The highest BCUT2D eigenvalue weighted by Crippen LogP contribution is 2.42. The molecule has 22 heteroatoms. The molecule has 2 aromatic heterocycles. The number of rotatable bonds is 58. The van der Waals surface area contributed by atoms with Crippen LogP contribution in [0.2, 0.25) is 0 Å². The van der Waals surface area contributed by atoms with E-state index < -0.39 is 11.1 Å². The van der Waals surface area contributed by atoms with Gasteiger partial charge in [-0.3, -0.25) is 0 Å². The highest BCUT2D eigenvalue weighted by Gasteiger charge is 2.38. The highest BCUT2D eigenvalue weighted by atomic mass is 16.6. The molecule has 0 bridgehead atoms. The molecule has 0 amide bonds. The molecule has 0 spiro atoms. The van der Waals surface area contributed by atoms with Crippen molar-refractivity contribution in [3.8, 4) is 0 Å². The van der Waals surface area contributed by atoms with Gasteiger partial charge in [-0.1, -0.05) is 109 Å². The minimum atomic E-state index is -0.815. The number of imidazole rings is 1. The summed E-state index contributed by atoms with van der Waals surface area (Å²) in [7, 11) is 0. The summed E-state index contributed by atoms with van der Waals surface area (Å²) in [5, 5.41) is 13.6. The summed E-state index contributed by atoms with van der Waals surface area (Å²) in [6.45, 7) is 22.1. The van der Waals surface area contributed by atoms with Crippen LogP contribution in [-0.2, 0) is 99.2 Å². The molecular weight excluding hydrogens is 1160 g/mol. The van der Waals surface area contributed by atoms with Gasteiger partial charge >= 0.3 is 0 Å². The standard InChI is InChI=1S/C68H100N4O18/c1-4-74-56-63-70-64-65(61-22-14-15-23-62(61)69-66(64)71-68(58-16-8-5-9-17-58,59-18-10-6-11-19-59)60-20-12-7-13-21-60)72(63)57-67(2,3)90-55-54-89-53-52-88-51-50-87-49-48-86-47-46-85-45-44-84-43-42-83-41-40-82-39-38-81-37-36-80-35-34-79-33-32-78-31-30-77-29-28-76-27-26-75-25-24-73/h5-23,73H,4,24-57H2,1-3H3,(H,69,71). The van der Waals surface area contributed by atoms with Gasteiger partial charge in [0, 0.05) is 12.0 Å². The normalized spacial score (nSPS) is 12.1. The van der Waals surface area contributed by atoms with Crippen LogP contribution in [0.15, 0.2) is 115 Å². The van der Waals surface area contributed by atoms with Crippen LogP contribution in [0.25, 0.3) is 21.9 Å². The summed E-state index contributed by atoms with van der Waals surface area (Å²) < 4.78 is 97.9. The van der Waals surface area contributed by atoms with Crippen LogP contribution in [0.4, 0.5) is 5.82 Å². The topological polar surface area (TPSA) is 220 Å². The molecule has 90 heavy (non-hydrogen) atoms. The molecule has 2 N–H and O–H groups in total. The van der Waals surface area contributed by atoms with Crippen molar-refractivity contribution in [3.63, 3.8) is 0 Å². The Morgan fingerprint density at radius 1 is 0.378 bits per heavy atom. The van der Waals surface area contributed by atoms with Gasteiger partial charge in [0.2, 0.25) is 0 Å². The van der Waals surface area contributed by atoms with Crippen molar-refractivity contribution in [2.45, 2.75) is 45.1 Å². The second-order valence-corrected chi connectivity index (χ2v) is 20.9. The van der Waals surface area contributed by atoms with Crippen LogP contribution < -0.4 is 5.32 Å². The molecule has 0 saturated heterocycles. The van der Waals surface area contributed by atoms with Crippen molar-refractivity contribution in [1.29, 1.82) is 0 Å². The van der Waals surface area contributed by atoms with E-state index in [9.17, 15) is 0 Å². The van der Waals surface area contributed by atoms with Crippen LogP contribution in [0.1, 0.15) is 43.3 Å². The zero-order chi connectivity index (χ0) is 63.1. The van der Waals surface area contributed by atoms with Gasteiger partial charge in [0.05, 0.1) is 235 Å². The lowest BCUT2D eigenvalue weighted by atomic mass is 9.77. The predicted molar refractivity (Wildman–Crippen MR) is 343 cm³/mol. The molecule has 4 aromatic carbocycles. The summed E-state index contributed by atoms with van der Waals surface area (Å²) in [6.07, 6.45) is 0. The lowest BCUT2D eigenvalue weighted by Crippen LogP contribution is -2.38. The van der Waals surface area contributed by atoms with Crippen molar-refractivity contribution in [3.05, 3.63) is 138 Å². The maximum absolute atomic E-state index is 8.63. The number of fused-ring (bicyclic) bond motifs is 3. The maximum Gasteiger partial charge on any atom is 0.156 e. The molecule has 0 saturated carbocycles. The number of hydrogen-bond acceptors (Lipinski definition) is 21. The van der Waals surface area contributed by atoms with Gasteiger partial charge in [0.15, 0.2) is 5.82 Å². The molecule has 0 radical (unpaired) electrons. The number of nitrogens with zero attached hydrogens (tertiary/aromatic N) is 3. The second-order valence-electron chi connectivity index (χ2n) is 20.9. The minimum Gasteiger partial charge on any atom is -0.394 e. The first-order chi connectivity index (χ1) is 44.5. The molecule has 0 unspecified atom stereocenters. The van der Waals surface area contributed by atoms with Crippen molar-refractivity contribution < 1.29 is 85.6 Å². The molecule has 500 valence electrons. The number of anilines is 1. The Labute approximate surface area is 532 Å². The van der Waals surface area contributed by atoms with Gasteiger partial charge in [-0.15, -0.1) is 0 Å². The first-order valence-electron chi connectivity index (χ1n) is 31.7. The smallest absolute Gasteiger partial charge is 0.156 e. The van der Waals surface area contributed by atoms with Gasteiger partial charge in [0.25, 0.3) is 0 Å². The van der Waals surface area contributed by atoms with Crippen LogP contribution in [-0.4, -0.2) is 243 Å². The van der Waals surface area contributed by atoms with Crippen molar-refractivity contribution in [1.82, 2.24) is 14.5 Å². The fourth-order valence-corrected chi connectivity index (χ4v) is 9.45. The summed E-state index contributed by atoms with van der Waals surface area (Å²) in [5.74, 6) is 1.45. The molecule has 0 aliphatic heterocycles. The third-order valence-electron chi connectivity index (χ3n) is 13.7. The summed E-state index contributed by atoms with van der Waals surface area (Å²) in [6, 6.07) is 39.8. The molecule has 22 nitrogen and oxygen atoms in total. The first kappa shape index (κ1) is 73.9. The fraction of sp³-hybridized carbons (Fsp3) is 0.588. The third kappa shape index (κ3) is 28.4. The molecule has 6 aromatic rings. The second kappa shape index (κ2) is 46.8. The van der Waals surface area contributed by atoms with E-state index in [4.69, 9.17) is 95.6 Å². The number of aliphatic hydroxyl groups excluding tert-OH is 1. The Balaban J connectivity index is 0.727. The number of pyridine rings is 1. The fourth-order valence-electron chi connectivity index (χ4n) is 9.45. The van der Waals surface area contributed by atoms with E-state index in [1.54, 1.807) is 0 Å². The largest absolute Gasteiger partial charge is 0.394 e. The average Bonchev–Trinajstić information content (AvgIpc) is 1.36. The third-order valence-corrected chi connectivity index (χ3v) is 13.7. The zero-order valence-corrected chi connectivity index (χ0v) is 53.4. The maximum atomic E-state index is 8.63. The number of hydrogen-bond donors (Lipinski definition) is 2. The minimum absolute atomic E-state index is 0.0170. The van der Waals surface area contributed by atoms with E-state index in [0.29, 0.717) is 230 Å². The van der Waals surface area contributed by atoms with Crippen molar-refractivity contribution in [2.75, 3.05) is 223 Å². The Morgan fingerprint density at radius 3 is 1.02 bits per heavy atom. The number of para-hydroxylation sites is 1. The van der Waals surface area contributed by atoms with E-state index in [1.807, 2.05) is 37.3 Å². The number of benzene rings is 4. The summed E-state index contributed by atoms with van der Waals surface area (Å²) >= 11 is 0. The zero-order valence-electron chi connectivity index (χ0n) is 53.4. The van der Waals surface area contributed by atoms with E-state index in [2.05, 4.69) is 109 Å². The molecule has 0 atom stereocenters. The number of ether oxygens (including phenoxy) is 17. The Morgan fingerprint density at radius 2 is 0.689 bits per heavy atom. The molecule has 0 aliphatic carbocycles. The molecule has 6 rings (SSSR count). The van der Waals surface area contributed by atoms with Gasteiger partial charge < -0.3 is 95.5 Å².